The molecule has 5 aromatic rings. The maximum Gasteiger partial charge on any atom is 0.130 e. The number of aromatic nitrogens is 2. The standard InChI is InChI=1S/C54H47N7/c1-2-30-55-32-29-39-34-42(35-47(57-39)38-17-15-31-56-36-38)60-49-26-11-7-22-44(49)52-43-21-6-10-25-48(43)59(50-27-12-8-23-45(50)53(52)60)41-20-14-16-37(33-41)54-58-46-24-9-13-28-51(46)61(54)40-18-4-3-5-19-40/h2-6,8-9,11-21,23-24,26-35,38,45,50,54,58H,1,7,10,22,25,36H2/b32-29+,55-30?. The predicted octanol–water partition coefficient (Wildman–Crippen LogP) is 12.2. The number of pyridine rings is 1. The van der Waals surface area contributed by atoms with Crippen LogP contribution in [0.1, 0.15) is 76.7 Å². The number of nitrogens with one attached hydrogen (secondary N) is 1. The smallest absolute Gasteiger partial charge is 0.130 e. The first-order valence-corrected chi connectivity index (χ1v) is 21.5. The van der Waals surface area contributed by atoms with E-state index in [9.17, 15) is 0 Å². The van der Waals surface area contributed by atoms with Crippen molar-refractivity contribution >= 4 is 52.9 Å². The number of fused-ring (bicyclic) bond motifs is 7. The van der Waals surface area contributed by atoms with Gasteiger partial charge in [-0.2, -0.15) is 0 Å². The largest absolute Gasteiger partial charge is 0.359 e. The molecule has 2 aromatic heterocycles. The first-order chi connectivity index (χ1) is 30.2. The van der Waals surface area contributed by atoms with Crippen molar-refractivity contribution in [2.45, 2.75) is 49.7 Å². The summed E-state index contributed by atoms with van der Waals surface area (Å²) in [7, 11) is 0. The predicted molar refractivity (Wildman–Crippen MR) is 254 cm³/mol. The Morgan fingerprint density at radius 3 is 2.54 bits per heavy atom. The summed E-state index contributed by atoms with van der Waals surface area (Å²) >= 11 is 0. The highest BCUT2D eigenvalue weighted by Crippen LogP contribution is 2.51. The van der Waals surface area contributed by atoms with Crippen molar-refractivity contribution in [1.82, 2.24) is 9.55 Å². The van der Waals surface area contributed by atoms with Gasteiger partial charge in [0, 0.05) is 75.7 Å². The molecule has 0 spiro atoms. The van der Waals surface area contributed by atoms with Crippen LogP contribution in [0.15, 0.2) is 180 Å². The summed E-state index contributed by atoms with van der Waals surface area (Å²) < 4.78 is 2.57. The van der Waals surface area contributed by atoms with Gasteiger partial charge < -0.3 is 19.7 Å². The molecule has 0 amide bonds. The lowest BCUT2D eigenvalue weighted by atomic mass is 9.86. The fourth-order valence-electron chi connectivity index (χ4n) is 10.1. The van der Waals surface area contributed by atoms with Crippen molar-refractivity contribution in [3.05, 3.63) is 210 Å². The molecular formula is C54H47N7. The Hall–Kier alpha value is -7.25. The van der Waals surface area contributed by atoms with Gasteiger partial charge in [-0.1, -0.05) is 104 Å². The monoisotopic (exact) mass is 793 g/mol. The highest BCUT2D eigenvalue weighted by atomic mass is 15.3. The number of anilines is 4. The molecule has 7 heteroatoms. The molecule has 1 N–H and O–H groups in total. The van der Waals surface area contributed by atoms with Gasteiger partial charge in [0.05, 0.1) is 35.3 Å². The van der Waals surface area contributed by atoms with Crippen molar-refractivity contribution in [1.29, 1.82) is 0 Å². The molecule has 5 heterocycles. The Kier molecular flexibility index (Phi) is 9.49. The molecule has 3 aliphatic heterocycles. The maximum absolute atomic E-state index is 5.18. The normalized spacial score (nSPS) is 22.0. The minimum Gasteiger partial charge on any atom is -0.359 e. The van der Waals surface area contributed by atoms with Crippen LogP contribution in [0.4, 0.5) is 22.7 Å². The number of dihydropyridines is 1. The van der Waals surface area contributed by atoms with E-state index in [-0.39, 0.29) is 24.0 Å². The molecule has 0 radical (unpaired) electrons. The van der Waals surface area contributed by atoms with E-state index in [1.165, 1.54) is 50.7 Å². The van der Waals surface area contributed by atoms with E-state index in [0.717, 1.165) is 54.1 Å². The fourth-order valence-corrected chi connectivity index (χ4v) is 10.1. The molecule has 0 fully saturated rings. The number of para-hydroxylation sites is 3. The van der Waals surface area contributed by atoms with Crippen LogP contribution >= 0.6 is 0 Å². The zero-order valence-corrected chi connectivity index (χ0v) is 34.1. The van der Waals surface area contributed by atoms with Crippen molar-refractivity contribution in [3.63, 3.8) is 0 Å². The van der Waals surface area contributed by atoms with E-state index in [4.69, 9.17) is 4.98 Å². The van der Waals surface area contributed by atoms with Crippen LogP contribution in [0.5, 0.6) is 0 Å². The maximum atomic E-state index is 5.18. The third kappa shape index (κ3) is 6.48. The second kappa shape index (κ2) is 15.7. The van der Waals surface area contributed by atoms with E-state index in [2.05, 4.69) is 182 Å². The number of nitrogens with zero attached hydrogens (tertiary/aromatic N) is 6. The zero-order chi connectivity index (χ0) is 40.7. The SMILES string of the molecule is C=CC=N/C=C/c1cc(-n2c3c(c4c2C2C=CC=CC2N(c2cccc(C5Nc6ccccc6N5c5ccccc5)c2)C2=C4C=CCC2)CCC=C3)cc(C2C=CC=NC2)n1. The Balaban J connectivity index is 1.09. The Bertz CT molecular complexity index is 2820. The fraction of sp³-hybridized carbons (Fsp3) is 0.167. The van der Waals surface area contributed by atoms with Crippen molar-refractivity contribution in [3.8, 4) is 5.69 Å². The van der Waals surface area contributed by atoms with Crippen LogP contribution < -0.4 is 15.1 Å². The van der Waals surface area contributed by atoms with Gasteiger partial charge in [0.25, 0.3) is 0 Å². The molecule has 0 saturated heterocycles. The molecule has 0 saturated carbocycles. The molecule has 298 valence electrons. The summed E-state index contributed by atoms with van der Waals surface area (Å²) in [5.41, 5.74) is 17.0. The Morgan fingerprint density at radius 1 is 0.787 bits per heavy atom. The van der Waals surface area contributed by atoms with Gasteiger partial charge in [-0.25, -0.2) is 0 Å². The lowest BCUT2D eigenvalue weighted by molar-refractivity contribution is 0.638. The first-order valence-electron chi connectivity index (χ1n) is 21.5. The van der Waals surface area contributed by atoms with Crippen LogP contribution in [-0.2, 0) is 6.42 Å². The van der Waals surface area contributed by atoms with E-state index in [1.54, 1.807) is 18.5 Å². The lowest BCUT2D eigenvalue weighted by Crippen LogP contribution is -2.38. The number of hydrogen-bond donors (Lipinski definition) is 1. The lowest BCUT2D eigenvalue weighted by Gasteiger charge is -2.39. The molecule has 61 heavy (non-hydrogen) atoms. The van der Waals surface area contributed by atoms with Crippen molar-refractivity contribution in [2.75, 3.05) is 21.7 Å². The van der Waals surface area contributed by atoms with Crippen molar-refractivity contribution in [2.24, 2.45) is 9.98 Å². The number of allylic oxidation sites excluding steroid dienone is 9. The third-order valence-electron chi connectivity index (χ3n) is 12.7. The van der Waals surface area contributed by atoms with E-state index in [0.29, 0.717) is 6.54 Å². The number of rotatable bonds is 8. The molecule has 3 aliphatic carbocycles. The Labute approximate surface area is 357 Å². The molecule has 7 nitrogen and oxygen atoms in total. The number of hydrogen-bond acceptors (Lipinski definition) is 6. The molecule has 6 aliphatic rings. The van der Waals surface area contributed by atoms with Crippen LogP contribution in [0.25, 0.3) is 23.4 Å². The summed E-state index contributed by atoms with van der Waals surface area (Å²) in [5, 5.41) is 3.89. The minimum absolute atomic E-state index is 0.0422. The summed E-state index contributed by atoms with van der Waals surface area (Å²) in [5.74, 6) is 0.140. The molecular weight excluding hydrogens is 747 g/mol. The van der Waals surface area contributed by atoms with Gasteiger partial charge in [0.15, 0.2) is 0 Å². The molecule has 4 unspecified atom stereocenters. The quantitative estimate of drug-likeness (QED) is 0.159. The summed E-state index contributed by atoms with van der Waals surface area (Å²) in [6.07, 6.45) is 36.1. The van der Waals surface area contributed by atoms with Crippen LogP contribution in [0.3, 0.4) is 0 Å². The number of aliphatic imine (C=N–C) groups is 2. The topological polar surface area (TPSA) is 61.1 Å². The van der Waals surface area contributed by atoms with E-state index >= 15 is 0 Å². The second-order valence-electron chi connectivity index (χ2n) is 16.3. The van der Waals surface area contributed by atoms with Gasteiger partial charge in [0.2, 0.25) is 0 Å². The number of benzene rings is 3. The van der Waals surface area contributed by atoms with Gasteiger partial charge in [-0.15, -0.1) is 0 Å². The van der Waals surface area contributed by atoms with E-state index in [1.807, 2.05) is 18.4 Å². The first kappa shape index (κ1) is 36.8. The van der Waals surface area contributed by atoms with Gasteiger partial charge in [0.1, 0.15) is 6.17 Å². The molecule has 3 aromatic carbocycles. The summed E-state index contributed by atoms with van der Waals surface area (Å²) in [6.45, 7) is 4.46. The highest BCUT2D eigenvalue weighted by Gasteiger charge is 2.41. The zero-order valence-electron chi connectivity index (χ0n) is 34.1. The van der Waals surface area contributed by atoms with Gasteiger partial charge in [-0.05, 0) is 104 Å². The van der Waals surface area contributed by atoms with Gasteiger partial charge in [-0.3, -0.25) is 15.0 Å². The third-order valence-corrected chi connectivity index (χ3v) is 12.7. The van der Waals surface area contributed by atoms with E-state index < -0.39 is 0 Å². The van der Waals surface area contributed by atoms with Crippen LogP contribution in [-0.4, -0.2) is 34.6 Å². The van der Waals surface area contributed by atoms with Crippen LogP contribution in [0, 0.1) is 0 Å². The summed E-state index contributed by atoms with van der Waals surface area (Å²) in [4.78, 5) is 19.3. The minimum atomic E-state index is -0.0688. The average Bonchev–Trinajstić information content (AvgIpc) is 3.85. The second-order valence-corrected chi connectivity index (χ2v) is 16.3. The van der Waals surface area contributed by atoms with Crippen LogP contribution in [0.2, 0.25) is 0 Å². The summed E-state index contributed by atoms with van der Waals surface area (Å²) in [6, 6.07) is 33.2. The molecule has 0 bridgehead atoms. The van der Waals surface area contributed by atoms with Gasteiger partial charge >= 0.3 is 0 Å². The Morgan fingerprint density at radius 2 is 1.64 bits per heavy atom. The average molecular weight is 794 g/mol. The highest BCUT2D eigenvalue weighted by molar-refractivity contribution is 5.89. The molecule has 11 rings (SSSR count). The van der Waals surface area contributed by atoms with Crippen molar-refractivity contribution < 1.29 is 0 Å². The molecule has 4 atom stereocenters.